The number of hydrogen-bond donors (Lipinski definition) is 1. The number of hydrogen-bond acceptors (Lipinski definition) is 1. The van der Waals surface area contributed by atoms with Gasteiger partial charge in [-0.15, -0.1) is 23.2 Å². The highest BCUT2D eigenvalue weighted by atomic mass is 35.5. The highest BCUT2D eigenvalue weighted by molar-refractivity contribution is 6.22. The second-order valence-electron chi connectivity index (χ2n) is 4.32. The molecule has 2 nitrogen and oxygen atoms in total. The van der Waals surface area contributed by atoms with Crippen LogP contribution in [0.25, 0.3) is 0 Å². The number of rotatable bonds is 5. The molecule has 0 unspecified atom stereocenters. The molecule has 0 atom stereocenters. The highest BCUT2D eigenvalue weighted by Crippen LogP contribution is 2.17. The molecule has 0 radical (unpaired) electrons. The summed E-state index contributed by atoms with van der Waals surface area (Å²) >= 11 is 11.7. The van der Waals surface area contributed by atoms with Crippen LogP contribution in [0.5, 0.6) is 0 Å². The van der Waals surface area contributed by atoms with Crippen LogP contribution in [0.1, 0.15) is 29.3 Å². The van der Waals surface area contributed by atoms with Gasteiger partial charge in [0.25, 0.3) is 5.91 Å². The van der Waals surface area contributed by atoms with Crippen LogP contribution in [-0.4, -0.2) is 23.2 Å². The lowest BCUT2D eigenvalue weighted by Gasteiger charge is -2.29. The summed E-state index contributed by atoms with van der Waals surface area (Å²) in [4.78, 5) is 12.0. The lowest BCUT2D eigenvalue weighted by Crippen LogP contribution is -2.51. The fourth-order valence-corrected chi connectivity index (χ4v) is 2.28. The van der Waals surface area contributed by atoms with Crippen LogP contribution < -0.4 is 5.32 Å². The molecule has 0 saturated carbocycles. The van der Waals surface area contributed by atoms with Gasteiger partial charge in [0.15, 0.2) is 0 Å². The summed E-state index contributed by atoms with van der Waals surface area (Å²) < 4.78 is 13.1. The van der Waals surface area contributed by atoms with Crippen LogP contribution >= 0.6 is 23.2 Å². The summed E-state index contributed by atoms with van der Waals surface area (Å²) in [6.45, 7) is 3.52. The molecule has 18 heavy (non-hydrogen) atoms. The second kappa shape index (κ2) is 6.39. The van der Waals surface area contributed by atoms with Gasteiger partial charge in [-0.2, -0.15) is 0 Å². The SMILES string of the molecule is CCC(CCl)(CCl)NC(=O)c1ccc(F)c(C)c1. The first-order valence-electron chi connectivity index (χ1n) is 5.68. The average Bonchev–Trinajstić information content (AvgIpc) is 2.39. The van der Waals surface area contributed by atoms with E-state index in [2.05, 4.69) is 5.32 Å². The van der Waals surface area contributed by atoms with Crippen molar-refractivity contribution in [1.82, 2.24) is 5.32 Å². The Labute approximate surface area is 116 Å². The molecule has 0 spiro atoms. The first kappa shape index (κ1) is 15.3. The van der Waals surface area contributed by atoms with E-state index in [4.69, 9.17) is 23.2 Å². The molecule has 0 aromatic heterocycles. The van der Waals surface area contributed by atoms with Crippen LogP contribution in [0, 0.1) is 12.7 Å². The van der Waals surface area contributed by atoms with Gasteiger partial charge in [0.2, 0.25) is 0 Å². The van der Waals surface area contributed by atoms with Crippen LogP contribution in [0.15, 0.2) is 18.2 Å². The van der Waals surface area contributed by atoms with Crippen molar-refractivity contribution in [3.8, 4) is 0 Å². The van der Waals surface area contributed by atoms with E-state index < -0.39 is 5.54 Å². The maximum atomic E-state index is 13.1. The van der Waals surface area contributed by atoms with Gasteiger partial charge in [-0.3, -0.25) is 4.79 Å². The Kier molecular flexibility index (Phi) is 5.42. The topological polar surface area (TPSA) is 29.1 Å². The Morgan fingerprint density at radius 1 is 1.39 bits per heavy atom. The van der Waals surface area contributed by atoms with E-state index in [1.54, 1.807) is 6.92 Å². The maximum absolute atomic E-state index is 13.1. The third-order valence-corrected chi connectivity index (χ3v) is 4.01. The molecule has 5 heteroatoms. The quantitative estimate of drug-likeness (QED) is 0.827. The molecule has 0 saturated heterocycles. The number of nitrogens with one attached hydrogen (secondary N) is 1. The van der Waals surface area contributed by atoms with Crippen molar-refractivity contribution in [2.75, 3.05) is 11.8 Å². The minimum absolute atomic E-state index is 0.235. The zero-order valence-electron chi connectivity index (χ0n) is 10.4. The van der Waals surface area contributed by atoms with Crippen molar-refractivity contribution in [3.05, 3.63) is 35.1 Å². The predicted octanol–water partition coefficient (Wildman–Crippen LogP) is 3.49. The Hall–Kier alpha value is -0.800. The summed E-state index contributed by atoms with van der Waals surface area (Å²) in [5.74, 6) is -0.151. The van der Waals surface area contributed by atoms with Crippen molar-refractivity contribution >= 4 is 29.1 Å². The summed E-state index contributed by atoms with van der Waals surface area (Å²) in [7, 11) is 0. The Morgan fingerprint density at radius 2 is 2.00 bits per heavy atom. The first-order valence-corrected chi connectivity index (χ1v) is 6.75. The lowest BCUT2D eigenvalue weighted by molar-refractivity contribution is 0.0913. The Balaban J connectivity index is 2.90. The molecule has 1 amide bonds. The maximum Gasteiger partial charge on any atom is 0.251 e. The lowest BCUT2D eigenvalue weighted by atomic mass is 10.0. The van der Waals surface area contributed by atoms with Crippen molar-refractivity contribution in [2.45, 2.75) is 25.8 Å². The Morgan fingerprint density at radius 3 is 2.44 bits per heavy atom. The summed E-state index contributed by atoms with van der Waals surface area (Å²) in [5, 5.41) is 2.82. The van der Waals surface area contributed by atoms with Crippen molar-refractivity contribution in [3.63, 3.8) is 0 Å². The van der Waals surface area contributed by atoms with Gasteiger partial charge in [0.1, 0.15) is 5.82 Å². The molecule has 0 bridgehead atoms. The number of aryl methyl sites for hydroxylation is 1. The number of amides is 1. The molecule has 0 aliphatic heterocycles. The van der Waals surface area contributed by atoms with Gasteiger partial charge >= 0.3 is 0 Å². The van der Waals surface area contributed by atoms with Gasteiger partial charge in [0, 0.05) is 17.3 Å². The molecule has 0 heterocycles. The number of carbonyl (C=O) groups is 1. The monoisotopic (exact) mass is 291 g/mol. The first-order chi connectivity index (χ1) is 8.48. The van der Waals surface area contributed by atoms with Crippen molar-refractivity contribution in [2.24, 2.45) is 0 Å². The minimum Gasteiger partial charge on any atom is -0.344 e. The third-order valence-electron chi connectivity index (χ3n) is 2.99. The number of carbonyl (C=O) groups excluding carboxylic acids is 1. The third kappa shape index (κ3) is 3.36. The molecule has 1 aromatic carbocycles. The number of alkyl halides is 2. The normalized spacial score (nSPS) is 11.4. The van der Waals surface area contributed by atoms with E-state index >= 15 is 0 Å². The van der Waals surface area contributed by atoms with Gasteiger partial charge in [-0.05, 0) is 37.1 Å². The minimum atomic E-state index is -0.623. The molecule has 1 N–H and O–H groups in total. The molecular formula is C13H16Cl2FNO. The van der Waals surface area contributed by atoms with E-state index in [1.165, 1.54) is 18.2 Å². The van der Waals surface area contributed by atoms with E-state index in [9.17, 15) is 9.18 Å². The van der Waals surface area contributed by atoms with Crippen LogP contribution in [-0.2, 0) is 0 Å². The highest BCUT2D eigenvalue weighted by Gasteiger charge is 2.28. The Bertz CT molecular complexity index is 425. The average molecular weight is 292 g/mol. The molecule has 0 aliphatic rings. The fourth-order valence-electron chi connectivity index (χ4n) is 1.48. The molecule has 0 fully saturated rings. The van der Waals surface area contributed by atoms with E-state index in [-0.39, 0.29) is 23.5 Å². The van der Waals surface area contributed by atoms with Gasteiger partial charge in [-0.1, -0.05) is 6.92 Å². The van der Waals surface area contributed by atoms with Crippen molar-refractivity contribution < 1.29 is 9.18 Å². The molecule has 0 aliphatic carbocycles. The summed E-state index contributed by atoms with van der Waals surface area (Å²) in [5.41, 5.74) is 0.214. The van der Waals surface area contributed by atoms with E-state index in [0.717, 1.165) is 0 Å². The van der Waals surface area contributed by atoms with Gasteiger partial charge in [-0.25, -0.2) is 4.39 Å². The molecule has 1 aromatic rings. The number of halogens is 3. The fraction of sp³-hybridized carbons (Fsp3) is 0.462. The molecular weight excluding hydrogens is 276 g/mol. The zero-order chi connectivity index (χ0) is 13.8. The van der Waals surface area contributed by atoms with Gasteiger partial charge < -0.3 is 5.32 Å². The van der Waals surface area contributed by atoms with Crippen LogP contribution in [0.2, 0.25) is 0 Å². The van der Waals surface area contributed by atoms with E-state index in [0.29, 0.717) is 17.5 Å². The largest absolute Gasteiger partial charge is 0.344 e. The van der Waals surface area contributed by atoms with Crippen molar-refractivity contribution in [1.29, 1.82) is 0 Å². The molecule has 100 valence electrons. The summed E-state index contributed by atoms with van der Waals surface area (Å²) in [6.07, 6.45) is 0.631. The predicted molar refractivity (Wildman–Crippen MR) is 73.1 cm³/mol. The molecule has 1 rings (SSSR count). The van der Waals surface area contributed by atoms with Gasteiger partial charge in [0.05, 0.1) is 5.54 Å². The van der Waals surface area contributed by atoms with Crippen LogP contribution in [0.3, 0.4) is 0 Å². The summed E-state index contributed by atoms with van der Waals surface area (Å²) in [6, 6.07) is 4.23. The zero-order valence-corrected chi connectivity index (χ0v) is 11.9. The van der Waals surface area contributed by atoms with E-state index in [1.807, 2.05) is 6.92 Å². The van der Waals surface area contributed by atoms with Crippen LogP contribution in [0.4, 0.5) is 4.39 Å². The standard InChI is InChI=1S/C13H16Cl2FNO/c1-3-13(7-14,8-15)17-12(18)10-4-5-11(16)9(2)6-10/h4-6H,3,7-8H2,1-2H3,(H,17,18). The number of benzene rings is 1. The smallest absolute Gasteiger partial charge is 0.251 e. The second-order valence-corrected chi connectivity index (χ2v) is 4.85.